The Hall–Kier alpha value is -1.91. The first kappa shape index (κ1) is 16.0. The van der Waals surface area contributed by atoms with Gasteiger partial charge in [0.05, 0.1) is 0 Å². The summed E-state index contributed by atoms with van der Waals surface area (Å²) < 4.78 is 5.81. The fraction of sp³-hybridized carbons (Fsp3) is 0.421. The molecule has 1 atom stereocenters. The summed E-state index contributed by atoms with van der Waals surface area (Å²) in [6, 6.07) is 12.0. The third-order valence-corrected chi connectivity index (χ3v) is 4.42. The molecule has 0 saturated carbocycles. The average molecular weight is 312 g/mol. The Kier molecular flexibility index (Phi) is 4.64. The van der Waals surface area contributed by atoms with Crippen LogP contribution in [0.15, 0.2) is 42.6 Å². The molecule has 0 bridgehead atoms. The van der Waals surface area contributed by atoms with E-state index in [1.54, 1.807) is 0 Å². The van der Waals surface area contributed by atoms with Gasteiger partial charge in [0.15, 0.2) is 0 Å². The van der Waals surface area contributed by atoms with Crippen molar-refractivity contribution in [3.8, 4) is 5.75 Å². The number of aryl methyl sites for hydroxylation is 2. The van der Waals surface area contributed by atoms with Gasteiger partial charge in [-0.15, -0.1) is 0 Å². The van der Waals surface area contributed by atoms with Gasteiger partial charge in [-0.2, -0.15) is 0 Å². The molecular formula is C19H24N2O2. The van der Waals surface area contributed by atoms with Gasteiger partial charge in [0, 0.05) is 31.5 Å². The zero-order chi connectivity index (χ0) is 16.3. The quantitative estimate of drug-likeness (QED) is 0.922. The van der Waals surface area contributed by atoms with E-state index < -0.39 is 5.60 Å². The van der Waals surface area contributed by atoms with Crippen LogP contribution in [0.1, 0.15) is 23.2 Å². The average Bonchev–Trinajstić information content (AvgIpc) is 2.90. The molecule has 1 aliphatic rings. The Morgan fingerprint density at radius 1 is 1.26 bits per heavy atom. The lowest BCUT2D eigenvalue weighted by molar-refractivity contribution is 0.00334. The van der Waals surface area contributed by atoms with Gasteiger partial charge in [-0.05, 0) is 49.6 Å². The normalized spacial score (nSPS) is 21.5. The largest absolute Gasteiger partial charge is 0.491 e. The van der Waals surface area contributed by atoms with Crippen molar-refractivity contribution in [2.75, 3.05) is 19.7 Å². The molecule has 1 aromatic heterocycles. The third-order valence-electron chi connectivity index (χ3n) is 4.42. The first-order chi connectivity index (χ1) is 11.0. The van der Waals surface area contributed by atoms with Crippen molar-refractivity contribution in [2.45, 2.75) is 32.4 Å². The van der Waals surface area contributed by atoms with Crippen molar-refractivity contribution in [2.24, 2.45) is 0 Å². The third kappa shape index (κ3) is 4.09. The van der Waals surface area contributed by atoms with Gasteiger partial charge >= 0.3 is 0 Å². The Morgan fingerprint density at radius 3 is 2.91 bits per heavy atom. The van der Waals surface area contributed by atoms with E-state index in [1.165, 1.54) is 5.56 Å². The molecular weight excluding hydrogens is 288 g/mol. The number of aromatic nitrogens is 1. The predicted octanol–water partition coefficient (Wildman–Crippen LogP) is 2.71. The van der Waals surface area contributed by atoms with Gasteiger partial charge in [0.2, 0.25) is 0 Å². The minimum atomic E-state index is -0.778. The summed E-state index contributed by atoms with van der Waals surface area (Å²) in [4.78, 5) is 6.60. The summed E-state index contributed by atoms with van der Waals surface area (Å²) in [6.45, 7) is 6.73. The van der Waals surface area contributed by atoms with Crippen LogP contribution in [0.5, 0.6) is 5.75 Å². The molecule has 0 radical (unpaired) electrons. The zero-order valence-electron chi connectivity index (χ0n) is 13.8. The van der Waals surface area contributed by atoms with E-state index in [1.807, 2.05) is 50.4 Å². The molecule has 0 aliphatic carbocycles. The number of likely N-dealkylation sites (tertiary alicyclic amines) is 1. The molecule has 1 N–H and O–H groups in total. The Labute approximate surface area is 137 Å². The van der Waals surface area contributed by atoms with Crippen molar-refractivity contribution < 1.29 is 9.84 Å². The number of hydrogen-bond donors (Lipinski definition) is 1. The van der Waals surface area contributed by atoms with Gasteiger partial charge < -0.3 is 9.84 Å². The van der Waals surface area contributed by atoms with Gasteiger partial charge in [0.1, 0.15) is 18.0 Å². The summed E-state index contributed by atoms with van der Waals surface area (Å²) in [6.07, 6.45) is 2.55. The van der Waals surface area contributed by atoms with E-state index in [-0.39, 0.29) is 0 Å². The highest BCUT2D eigenvalue weighted by atomic mass is 16.5. The molecule has 2 heterocycles. The topological polar surface area (TPSA) is 45.6 Å². The number of ether oxygens (including phenoxy) is 1. The van der Waals surface area contributed by atoms with Gasteiger partial charge in [-0.25, -0.2) is 0 Å². The van der Waals surface area contributed by atoms with E-state index in [2.05, 4.69) is 16.0 Å². The van der Waals surface area contributed by atoms with Gasteiger partial charge in [-0.3, -0.25) is 9.88 Å². The molecule has 1 fully saturated rings. The molecule has 3 rings (SSSR count). The number of rotatable bonds is 5. The lowest BCUT2D eigenvalue weighted by Crippen LogP contribution is -2.39. The lowest BCUT2D eigenvalue weighted by Gasteiger charge is -2.24. The molecule has 2 aromatic rings. The van der Waals surface area contributed by atoms with Gasteiger partial charge in [-0.1, -0.05) is 18.2 Å². The second-order valence-corrected chi connectivity index (χ2v) is 6.54. The van der Waals surface area contributed by atoms with Gasteiger partial charge in [0.25, 0.3) is 0 Å². The maximum Gasteiger partial charge on any atom is 0.119 e. The molecule has 0 spiro atoms. The molecule has 0 unspecified atom stereocenters. The first-order valence-electron chi connectivity index (χ1n) is 8.09. The summed E-state index contributed by atoms with van der Waals surface area (Å²) in [5.74, 6) is 0.819. The fourth-order valence-electron chi connectivity index (χ4n) is 3.04. The van der Waals surface area contributed by atoms with Crippen LogP contribution in [0.4, 0.5) is 0 Å². The standard InChI is InChI=1S/C19H24N2O2/c1-15-5-3-7-18(11-15)23-14-19(22)8-10-21(13-19)12-17-6-4-9-20-16(17)2/h3-7,9,11,22H,8,10,12-14H2,1-2H3/t19-/m0/s1. The predicted molar refractivity (Wildman–Crippen MR) is 90.5 cm³/mol. The number of benzene rings is 1. The molecule has 23 heavy (non-hydrogen) atoms. The number of hydrogen-bond acceptors (Lipinski definition) is 4. The molecule has 122 valence electrons. The SMILES string of the molecule is Cc1cccc(OC[C@]2(O)CCN(Cc3cccnc3C)C2)c1. The highest BCUT2D eigenvalue weighted by Crippen LogP contribution is 2.25. The highest BCUT2D eigenvalue weighted by Gasteiger charge is 2.36. The van der Waals surface area contributed by atoms with Crippen molar-refractivity contribution >= 4 is 0 Å². The maximum absolute atomic E-state index is 10.8. The van der Waals surface area contributed by atoms with Crippen LogP contribution in [0.25, 0.3) is 0 Å². The minimum Gasteiger partial charge on any atom is -0.491 e. The van der Waals surface area contributed by atoms with Crippen LogP contribution in [0, 0.1) is 13.8 Å². The summed E-state index contributed by atoms with van der Waals surface area (Å²) >= 11 is 0. The van der Waals surface area contributed by atoms with Crippen molar-refractivity contribution in [3.63, 3.8) is 0 Å². The Balaban J connectivity index is 1.56. The van der Waals surface area contributed by atoms with Crippen LogP contribution in [-0.4, -0.2) is 40.3 Å². The van der Waals surface area contributed by atoms with E-state index in [4.69, 9.17) is 4.74 Å². The lowest BCUT2D eigenvalue weighted by atomic mass is 10.1. The molecule has 4 heteroatoms. The maximum atomic E-state index is 10.8. The highest BCUT2D eigenvalue weighted by molar-refractivity contribution is 5.27. The first-order valence-corrected chi connectivity index (χ1v) is 8.09. The van der Waals surface area contributed by atoms with E-state index >= 15 is 0 Å². The monoisotopic (exact) mass is 312 g/mol. The molecule has 1 aromatic carbocycles. The van der Waals surface area contributed by atoms with Crippen LogP contribution in [0.3, 0.4) is 0 Å². The van der Waals surface area contributed by atoms with E-state index in [0.717, 1.165) is 36.5 Å². The number of pyridine rings is 1. The summed E-state index contributed by atoms with van der Waals surface area (Å²) in [5.41, 5.74) is 2.66. The smallest absolute Gasteiger partial charge is 0.119 e. The summed E-state index contributed by atoms with van der Waals surface area (Å²) in [5, 5.41) is 10.8. The van der Waals surface area contributed by atoms with Crippen molar-refractivity contribution in [1.29, 1.82) is 0 Å². The number of nitrogens with zero attached hydrogens (tertiary/aromatic N) is 2. The fourth-order valence-corrected chi connectivity index (χ4v) is 3.04. The zero-order valence-corrected chi connectivity index (χ0v) is 13.8. The van der Waals surface area contributed by atoms with Crippen LogP contribution in [-0.2, 0) is 6.54 Å². The molecule has 4 nitrogen and oxygen atoms in total. The molecule has 1 aliphatic heterocycles. The van der Waals surface area contributed by atoms with Crippen LogP contribution in [0.2, 0.25) is 0 Å². The Bertz CT molecular complexity index is 674. The number of β-amino-alcohol motifs (C(OH)–C–C–N with tert-alkyl or cyclic N) is 1. The van der Waals surface area contributed by atoms with Crippen molar-refractivity contribution in [3.05, 3.63) is 59.4 Å². The second kappa shape index (κ2) is 6.69. The van der Waals surface area contributed by atoms with E-state index in [9.17, 15) is 5.11 Å². The molecule has 1 saturated heterocycles. The van der Waals surface area contributed by atoms with Crippen LogP contribution < -0.4 is 4.74 Å². The van der Waals surface area contributed by atoms with Crippen LogP contribution >= 0.6 is 0 Å². The molecule has 0 amide bonds. The second-order valence-electron chi connectivity index (χ2n) is 6.54. The number of aliphatic hydroxyl groups is 1. The minimum absolute atomic E-state index is 0.332. The van der Waals surface area contributed by atoms with E-state index in [0.29, 0.717) is 13.2 Å². The van der Waals surface area contributed by atoms with Crippen molar-refractivity contribution in [1.82, 2.24) is 9.88 Å². The Morgan fingerprint density at radius 2 is 2.13 bits per heavy atom. The summed E-state index contributed by atoms with van der Waals surface area (Å²) in [7, 11) is 0.